The van der Waals surface area contributed by atoms with Crippen molar-refractivity contribution in [3.05, 3.63) is 40.8 Å². The Kier molecular flexibility index (Phi) is 3.40. The second-order valence-corrected chi connectivity index (χ2v) is 6.05. The molecule has 3 rings (SSSR count). The quantitative estimate of drug-likeness (QED) is 0.774. The minimum atomic E-state index is 0.799. The second kappa shape index (κ2) is 5.21. The van der Waals surface area contributed by atoms with Gasteiger partial charge in [0.1, 0.15) is 10.6 Å². The van der Waals surface area contributed by atoms with Gasteiger partial charge in [0.15, 0.2) is 5.82 Å². The zero-order valence-electron chi connectivity index (χ0n) is 11.9. The molecule has 0 saturated heterocycles. The van der Waals surface area contributed by atoms with Gasteiger partial charge in [0.25, 0.3) is 0 Å². The van der Waals surface area contributed by atoms with Crippen LogP contribution in [0, 0.1) is 13.8 Å². The van der Waals surface area contributed by atoms with Crippen molar-refractivity contribution < 1.29 is 0 Å². The largest absolute Gasteiger partial charge is 0.370 e. The van der Waals surface area contributed by atoms with Gasteiger partial charge in [0, 0.05) is 17.0 Å². The van der Waals surface area contributed by atoms with Crippen LogP contribution < -0.4 is 5.32 Å². The molecular formula is C16H17N3S. The van der Waals surface area contributed by atoms with Gasteiger partial charge in [-0.2, -0.15) is 0 Å². The van der Waals surface area contributed by atoms with E-state index in [0.717, 1.165) is 34.0 Å². The number of anilines is 1. The lowest BCUT2D eigenvalue weighted by molar-refractivity contribution is 1.15. The highest BCUT2D eigenvalue weighted by molar-refractivity contribution is 7.18. The van der Waals surface area contributed by atoms with Crippen molar-refractivity contribution in [3.8, 4) is 11.4 Å². The Labute approximate surface area is 122 Å². The van der Waals surface area contributed by atoms with E-state index in [2.05, 4.69) is 44.3 Å². The summed E-state index contributed by atoms with van der Waals surface area (Å²) >= 11 is 1.72. The smallest absolute Gasteiger partial charge is 0.163 e. The zero-order valence-corrected chi connectivity index (χ0v) is 12.7. The van der Waals surface area contributed by atoms with E-state index in [9.17, 15) is 0 Å². The van der Waals surface area contributed by atoms with Crippen LogP contribution in [-0.2, 0) is 0 Å². The summed E-state index contributed by atoms with van der Waals surface area (Å²) in [6.07, 6.45) is 0. The summed E-state index contributed by atoms with van der Waals surface area (Å²) in [6, 6.07) is 10.4. The lowest BCUT2D eigenvalue weighted by atomic mass is 10.1. The number of nitrogens with one attached hydrogen (secondary N) is 1. The molecule has 1 aromatic carbocycles. The van der Waals surface area contributed by atoms with E-state index in [0.29, 0.717) is 0 Å². The third kappa shape index (κ3) is 2.27. The summed E-state index contributed by atoms with van der Waals surface area (Å²) in [5, 5.41) is 4.47. The maximum absolute atomic E-state index is 4.74. The molecule has 0 saturated carbocycles. The maximum atomic E-state index is 4.74. The number of rotatable bonds is 3. The molecule has 0 fully saturated rings. The highest BCUT2D eigenvalue weighted by Gasteiger charge is 2.12. The van der Waals surface area contributed by atoms with Gasteiger partial charge >= 0.3 is 0 Å². The van der Waals surface area contributed by atoms with Gasteiger partial charge in [0.05, 0.1) is 5.39 Å². The lowest BCUT2D eigenvalue weighted by Gasteiger charge is -2.08. The summed E-state index contributed by atoms with van der Waals surface area (Å²) in [5.74, 6) is 1.73. The van der Waals surface area contributed by atoms with Crippen molar-refractivity contribution in [1.29, 1.82) is 0 Å². The van der Waals surface area contributed by atoms with Crippen LogP contribution in [0.2, 0.25) is 0 Å². The van der Waals surface area contributed by atoms with E-state index < -0.39 is 0 Å². The van der Waals surface area contributed by atoms with Crippen LogP contribution in [0.3, 0.4) is 0 Å². The van der Waals surface area contributed by atoms with Gasteiger partial charge < -0.3 is 5.32 Å². The predicted octanol–water partition coefficient (Wildman–Crippen LogP) is 4.41. The molecule has 2 heterocycles. The van der Waals surface area contributed by atoms with Gasteiger partial charge in [-0.05, 0) is 32.4 Å². The maximum Gasteiger partial charge on any atom is 0.163 e. The Bertz CT molecular complexity index is 762. The Morgan fingerprint density at radius 3 is 2.70 bits per heavy atom. The topological polar surface area (TPSA) is 37.8 Å². The van der Waals surface area contributed by atoms with E-state index in [1.54, 1.807) is 11.3 Å². The third-order valence-corrected chi connectivity index (χ3v) is 4.19. The molecule has 0 atom stereocenters. The molecule has 0 radical (unpaired) electrons. The van der Waals surface area contributed by atoms with E-state index in [4.69, 9.17) is 9.97 Å². The fourth-order valence-corrected chi connectivity index (χ4v) is 3.17. The summed E-state index contributed by atoms with van der Waals surface area (Å²) in [5.41, 5.74) is 2.29. The molecule has 0 bridgehead atoms. The van der Waals surface area contributed by atoms with Gasteiger partial charge in [-0.15, -0.1) is 11.3 Å². The molecule has 0 aliphatic heterocycles. The summed E-state index contributed by atoms with van der Waals surface area (Å²) in [4.78, 5) is 11.8. The minimum absolute atomic E-state index is 0.799. The molecule has 4 heteroatoms. The zero-order chi connectivity index (χ0) is 14.1. The normalized spacial score (nSPS) is 10.9. The molecule has 0 amide bonds. The molecule has 0 aliphatic rings. The first-order valence-electron chi connectivity index (χ1n) is 6.77. The van der Waals surface area contributed by atoms with Crippen molar-refractivity contribution in [2.45, 2.75) is 20.8 Å². The van der Waals surface area contributed by atoms with Gasteiger partial charge in [-0.1, -0.05) is 24.3 Å². The van der Waals surface area contributed by atoms with Crippen LogP contribution in [0.25, 0.3) is 21.6 Å². The summed E-state index contributed by atoms with van der Waals surface area (Å²) in [6.45, 7) is 7.14. The highest BCUT2D eigenvalue weighted by atomic mass is 32.1. The van der Waals surface area contributed by atoms with Crippen LogP contribution in [0.1, 0.15) is 17.4 Å². The molecule has 3 aromatic rings. The first-order valence-corrected chi connectivity index (χ1v) is 7.58. The molecule has 0 aliphatic carbocycles. The van der Waals surface area contributed by atoms with E-state index in [1.807, 2.05) is 12.1 Å². The molecule has 102 valence electrons. The molecule has 0 unspecified atom stereocenters. The number of hydrogen-bond donors (Lipinski definition) is 1. The molecule has 20 heavy (non-hydrogen) atoms. The van der Waals surface area contributed by atoms with Crippen LogP contribution in [0.5, 0.6) is 0 Å². The van der Waals surface area contributed by atoms with Crippen molar-refractivity contribution in [1.82, 2.24) is 9.97 Å². The van der Waals surface area contributed by atoms with Crippen molar-refractivity contribution >= 4 is 27.4 Å². The molecule has 2 aromatic heterocycles. The SMILES string of the molecule is CCNc1nc(-c2ccccc2C)nc2sc(C)cc12. The Morgan fingerprint density at radius 2 is 1.95 bits per heavy atom. The summed E-state index contributed by atoms with van der Waals surface area (Å²) in [7, 11) is 0. The van der Waals surface area contributed by atoms with E-state index in [-0.39, 0.29) is 0 Å². The minimum Gasteiger partial charge on any atom is -0.370 e. The average molecular weight is 283 g/mol. The number of fused-ring (bicyclic) bond motifs is 1. The average Bonchev–Trinajstić information content (AvgIpc) is 2.80. The van der Waals surface area contributed by atoms with E-state index in [1.165, 1.54) is 10.4 Å². The van der Waals surface area contributed by atoms with Crippen molar-refractivity contribution in [2.24, 2.45) is 0 Å². The first kappa shape index (κ1) is 13.1. The predicted molar refractivity (Wildman–Crippen MR) is 86.5 cm³/mol. The Balaban J connectivity index is 2.24. The lowest BCUT2D eigenvalue weighted by Crippen LogP contribution is -2.02. The van der Waals surface area contributed by atoms with Crippen molar-refractivity contribution in [2.75, 3.05) is 11.9 Å². The van der Waals surface area contributed by atoms with Gasteiger partial charge in [-0.25, -0.2) is 9.97 Å². The number of aryl methyl sites for hydroxylation is 2. The molecule has 1 N–H and O–H groups in total. The van der Waals surface area contributed by atoms with Crippen LogP contribution in [-0.4, -0.2) is 16.5 Å². The highest BCUT2D eigenvalue weighted by Crippen LogP contribution is 2.31. The number of aromatic nitrogens is 2. The van der Waals surface area contributed by atoms with Gasteiger partial charge in [-0.3, -0.25) is 0 Å². The molecule has 0 spiro atoms. The Hall–Kier alpha value is -1.94. The summed E-state index contributed by atoms with van der Waals surface area (Å²) < 4.78 is 0. The van der Waals surface area contributed by atoms with Crippen LogP contribution in [0.4, 0.5) is 5.82 Å². The standard InChI is InChI=1S/C16H17N3S/c1-4-17-14-13-9-11(3)20-16(13)19-15(18-14)12-8-6-5-7-10(12)2/h5-9H,4H2,1-3H3,(H,17,18,19). The third-order valence-electron chi connectivity index (χ3n) is 3.25. The number of hydrogen-bond acceptors (Lipinski definition) is 4. The fourth-order valence-electron chi connectivity index (χ4n) is 2.29. The Morgan fingerprint density at radius 1 is 1.15 bits per heavy atom. The second-order valence-electron chi connectivity index (χ2n) is 4.82. The monoisotopic (exact) mass is 283 g/mol. The number of benzene rings is 1. The number of thiophene rings is 1. The van der Waals surface area contributed by atoms with Crippen molar-refractivity contribution in [3.63, 3.8) is 0 Å². The first-order chi connectivity index (χ1) is 9.69. The molecular weight excluding hydrogens is 266 g/mol. The van der Waals surface area contributed by atoms with Crippen LogP contribution >= 0.6 is 11.3 Å². The van der Waals surface area contributed by atoms with Gasteiger partial charge in [0.2, 0.25) is 0 Å². The fraction of sp³-hybridized carbons (Fsp3) is 0.250. The van der Waals surface area contributed by atoms with Crippen LogP contribution in [0.15, 0.2) is 30.3 Å². The van der Waals surface area contributed by atoms with E-state index >= 15 is 0 Å². The number of nitrogens with zero attached hydrogens (tertiary/aromatic N) is 2. The molecule has 3 nitrogen and oxygen atoms in total.